The quantitative estimate of drug-likeness (QED) is 0.824. The average molecular weight is 380 g/mol. The molecular weight excluding hydrogens is 354 g/mol. The number of thiazole rings is 1. The maximum absolute atomic E-state index is 13.0. The lowest BCUT2D eigenvalue weighted by molar-refractivity contribution is -0.118. The molecular formula is C18H25N3O2S2. The summed E-state index contributed by atoms with van der Waals surface area (Å²) in [6.07, 6.45) is 0.786. The Bertz CT molecular complexity index is 777. The van der Waals surface area contributed by atoms with Crippen LogP contribution in [0, 0.1) is 26.7 Å². The number of nitrogens with one attached hydrogen (secondary N) is 1. The van der Waals surface area contributed by atoms with Crippen molar-refractivity contribution in [3.8, 4) is 0 Å². The molecule has 0 aromatic carbocycles. The van der Waals surface area contributed by atoms with E-state index in [1.54, 1.807) is 23.3 Å². The van der Waals surface area contributed by atoms with Crippen LogP contribution in [0.5, 0.6) is 0 Å². The molecule has 0 saturated heterocycles. The lowest BCUT2D eigenvalue weighted by Crippen LogP contribution is -2.30. The number of nitrogens with zero attached hydrogens (tertiary/aromatic N) is 2. The number of carbonyl (C=O) groups excluding carboxylic acids is 2. The molecule has 2 heterocycles. The van der Waals surface area contributed by atoms with Crippen molar-refractivity contribution in [2.45, 2.75) is 41.0 Å². The van der Waals surface area contributed by atoms with Crippen LogP contribution in [0.1, 0.15) is 45.2 Å². The monoisotopic (exact) mass is 379 g/mol. The molecule has 5 nitrogen and oxygen atoms in total. The molecule has 25 heavy (non-hydrogen) atoms. The van der Waals surface area contributed by atoms with Crippen molar-refractivity contribution in [3.05, 3.63) is 32.1 Å². The normalized spacial score (nSPS) is 11.0. The Kier molecular flexibility index (Phi) is 6.35. The van der Waals surface area contributed by atoms with E-state index in [4.69, 9.17) is 0 Å². The maximum atomic E-state index is 13.0. The van der Waals surface area contributed by atoms with Gasteiger partial charge in [-0.3, -0.25) is 9.59 Å². The first kappa shape index (κ1) is 19.6. The van der Waals surface area contributed by atoms with Gasteiger partial charge in [-0.1, -0.05) is 13.8 Å². The lowest BCUT2D eigenvalue weighted by atomic mass is 10.1. The minimum absolute atomic E-state index is 0.0527. The highest BCUT2D eigenvalue weighted by Crippen LogP contribution is 2.33. The molecule has 0 fully saturated rings. The summed E-state index contributed by atoms with van der Waals surface area (Å²) >= 11 is 3.08. The Morgan fingerprint density at radius 2 is 1.96 bits per heavy atom. The van der Waals surface area contributed by atoms with E-state index in [-0.39, 0.29) is 17.7 Å². The Morgan fingerprint density at radius 3 is 2.52 bits per heavy atom. The Hall–Kier alpha value is -1.73. The van der Waals surface area contributed by atoms with E-state index in [2.05, 4.69) is 10.3 Å². The number of hydrogen-bond donors (Lipinski definition) is 1. The highest BCUT2D eigenvalue weighted by Gasteiger charge is 2.24. The van der Waals surface area contributed by atoms with Crippen molar-refractivity contribution in [2.75, 3.05) is 18.9 Å². The number of aromatic nitrogens is 1. The fourth-order valence-electron chi connectivity index (χ4n) is 2.36. The second-order valence-electron chi connectivity index (χ2n) is 6.47. The third-order valence-electron chi connectivity index (χ3n) is 4.23. The molecule has 0 aliphatic rings. The topological polar surface area (TPSA) is 62.3 Å². The van der Waals surface area contributed by atoms with Crippen LogP contribution >= 0.6 is 22.7 Å². The van der Waals surface area contributed by atoms with Gasteiger partial charge in [0.1, 0.15) is 5.00 Å². The number of hydrogen-bond acceptors (Lipinski definition) is 5. The smallest absolute Gasteiger partial charge is 0.256 e. The van der Waals surface area contributed by atoms with Gasteiger partial charge < -0.3 is 10.2 Å². The molecule has 0 radical (unpaired) electrons. The number of amides is 2. The van der Waals surface area contributed by atoms with Crippen LogP contribution in [0.15, 0.2) is 5.51 Å². The fourth-order valence-corrected chi connectivity index (χ4v) is 4.18. The lowest BCUT2D eigenvalue weighted by Gasteiger charge is -2.18. The molecule has 2 aromatic rings. The Balaban J connectivity index is 2.17. The first-order chi connectivity index (χ1) is 11.7. The van der Waals surface area contributed by atoms with Gasteiger partial charge in [-0.15, -0.1) is 22.7 Å². The highest BCUT2D eigenvalue weighted by atomic mass is 32.1. The van der Waals surface area contributed by atoms with Gasteiger partial charge in [0.2, 0.25) is 5.91 Å². The summed E-state index contributed by atoms with van der Waals surface area (Å²) < 4.78 is 0. The van der Waals surface area contributed by atoms with E-state index in [0.717, 1.165) is 22.6 Å². The number of anilines is 1. The molecule has 0 aliphatic carbocycles. The van der Waals surface area contributed by atoms with Crippen LogP contribution in [0.2, 0.25) is 0 Å². The number of thiophene rings is 1. The van der Waals surface area contributed by atoms with Gasteiger partial charge in [0.05, 0.1) is 16.8 Å². The summed E-state index contributed by atoms with van der Waals surface area (Å²) in [7, 11) is 1.80. The molecule has 2 aromatic heterocycles. The molecule has 0 unspecified atom stereocenters. The van der Waals surface area contributed by atoms with Crippen molar-refractivity contribution >= 4 is 39.5 Å². The van der Waals surface area contributed by atoms with Crippen molar-refractivity contribution in [2.24, 2.45) is 5.92 Å². The zero-order valence-electron chi connectivity index (χ0n) is 15.6. The van der Waals surface area contributed by atoms with Gasteiger partial charge in [-0.2, -0.15) is 0 Å². The summed E-state index contributed by atoms with van der Waals surface area (Å²) in [4.78, 5) is 33.2. The van der Waals surface area contributed by atoms with Gasteiger partial charge >= 0.3 is 0 Å². The van der Waals surface area contributed by atoms with Crippen LogP contribution in [-0.4, -0.2) is 35.3 Å². The van der Waals surface area contributed by atoms with Crippen molar-refractivity contribution in [1.29, 1.82) is 0 Å². The SMILES string of the molecule is Cc1ncsc1CCN(C)C(=O)c1c(NC(=O)C(C)C)sc(C)c1C. The second kappa shape index (κ2) is 8.10. The average Bonchev–Trinajstić information content (AvgIpc) is 3.08. The van der Waals surface area contributed by atoms with Gasteiger partial charge in [0.25, 0.3) is 5.91 Å². The molecule has 0 aliphatic heterocycles. The number of rotatable bonds is 6. The molecule has 2 amide bonds. The first-order valence-corrected chi connectivity index (χ1v) is 9.97. The predicted molar refractivity (Wildman–Crippen MR) is 105 cm³/mol. The first-order valence-electron chi connectivity index (χ1n) is 8.27. The third-order valence-corrected chi connectivity index (χ3v) is 6.34. The van der Waals surface area contributed by atoms with E-state index in [9.17, 15) is 9.59 Å². The standard InChI is InChI=1S/C18H25N3O2S2/c1-10(2)16(22)20-17-15(11(3)13(5)25-17)18(23)21(6)8-7-14-12(4)19-9-24-14/h9-10H,7-8H2,1-6H3,(H,20,22). The van der Waals surface area contributed by atoms with Crippen LogP contribution in [0.3, 0.4) is 0 Å². The van der Waals surface area contributed by atoms with Gasteiger partial charge in [-0.05, 0) is 26.3 Å². The number of carbonyl (C=O) groups is 2. The second-order valence-corrected chi connectivity index (χ2v) is 8.63. The summed E-state index contributed by atoms with van der Waals surface area (Å²) in [5.41, 5.74) is 4.41. The van der Waals surface area contributed by atoms with E-state index in [1.807, 2.05) is 40.1 Å². The van der Waals surface area contributed by atoms with Crippen LogP contribution in [-0.2, 0) is 11.2 Å². The maximum Gasteiger partial charge on any atom is 0.256 e. The molecule has 0 atom stereocenters. The summed E-state index contributed by atoms with van der Waals surface area (Å²) in [6, 6.07) is 0. The minimum atomic E-state index is -0.127. The van der Waals surface area contributed by atoms with Crippen molar-refractivity contribution in [1.82, 2.24) is 9.88 Å². The largest absolute Gasteiger partial charge is 0.341 e. The van der Waals surface area contributed by atoms with Gasteiger partial charge in [0, 0.05) is 35.7 Å². The van der Waals surface area contributed by atoms with E-state index in [0.29, 0.717) is 17.1 Å². The van der Waals surface area contributed by atoms with Crippen molar-refractivity contribution in [3.63, 3.8) is 0 Å². The predicted octanol–water partition coefficient (Wildman–Crippen LogP) is 4.04. The Morgan fingerprint density at radius 1 is 1.28 bits per heavy atom. The molecule has 0 saturated carbocycles. The summed E-state index contributed by atoms with van der Waals surface area (Å²) in [5, 5.41) is 3.56. The number of likely N-dealkylation sites (N-methyl/N-ethyl adjacent to an activating group) is 1. The zero-order valence-corrected chi connectivity index (χ0v) is 17.2. The third kappa shape index (κ3) is 4.46. The molecule has 0 spiro atoms. The Labute approximate surface area is 157 Å². The van der Waals surface area contributed by atoms with E-state index < -0.39 is 0 Å². The summed E-state index contributed by atoms with van der Waals surface area (Å²) in [6.45, 7) is 10.2. The van der Waals surface area contributed by atoms with E-state index in [1.165, 1.54) is 16.2 Å². The fraction of sp³-hybridized carbons (Fsp3) is 0.500. The van der Waals surface area contributed by atoms with Crippen molar-refractivity contribution < 1.29 is 9.59 Å². The molecule has 2 rings (SSSR count). The molecule has 7 heteroatoms. The molecule has 0 bridgehead atoms. The van der Waals surface area contributed by atoms with Crippen LogP contribution < -0.4 is 5.32 Å². The van der Waals surface area contributed by atoms with Crippen LogP contribution in [0.25, 0.3) is 0 Å². The van der Waals surface area contributed by atoms with Crippen LogP contribution in [0.4, 0.5) is 5.00 Å². The minimum Gasteiger partial charge on any atom is -0.341 e. The van der Waals surface area contributed by atoms with E-state index >= 15 is 0 Å². The van der Waals surface area contributed by atoms with Gasteiger partial charge in [-0.25, -0.2) is 4.98 Å². The zero-order chi connectivity index (χ0) is 18.7. The molecule has 136 valence electrons. The number of aryl methyl sites for hydroxylation is 2. The summed E-state index contributed by atoms with van der Waals surface area (Å²) in [5.74, 6) is -0.251. The van der Waals surface area contributed by atoms with Gasteiger partial charge in [0.15, 0.2) is 0 Å². The molecule has 1 N–H and O–H groups in total. The highest BCUT2D eigenvalue weighted by molar-refractivity contribution is 7.16.